The lowest BCUT2D eigenvalue weighted by atomic mass is 9.95. The summed E-state index contributed by atoms with van der Waals surface area (Å²) in [6.45, 7) is 6.30. The fourth-order valence-corrected chi connectivity index (χ4v) is 8.20. The van der Waals surface area contributed by atoms with Crippen LogP contribution in [-0.2, 0) is 36.6 Å². The van der Waals surface area contributed by atoms with Gasteiger partial charge in [0.15, 0.2) is 0 Å². The van der Waals surface area contributed by atoms with Crippen molar-refractivity contribution >= 4 is 36.3 Å². The second-order valence-corrected chi connectivity index (χ2v) is 16.2. The van der Waals surface area contributed by atoms with E-state index in [4.69, 9.17) is 9.47 Å². The van der Waals surface area contributed by atoms with Crippen LogP contribution >= 0.6 is 0 Å². The van der Waals surface area contributed by atoms with Gasteiger partial charge in [0.1, 0.15) is 24.7 Å². The van der Waals surface area contributed by atoms with E-state index in [9.17, 15) is 47.7 Å². The number of halogens is 3. The number of hydrogen-bond acceptors (Lipinski definition) is 11. The molecule has 0 saturated carbocycles. The Morgan fingerprint density at radius 2 is 1.36 bits per heavy atom. The highest BCUT2D eigenvalue weighted by atomic mass is 19.4. The minimum atomic E-state index is -4.72. The Balaban J connectivity index is 1.31. The van der Waals surface area contributed by atoms with E-state index in [1.165, 1.54) is 12.1 Å². The molecule has 0 aromatic heterocycles. The summed E-state index contributed by atoms with van der Waals surface area (Å²) >= 11 is 0. The summed E-state index contributed by atoms with van der Waals surface area (Å²) in [5.41, 5.74) is 2.86. The van der Waals surface area contributed by atoms with E-state index in [0.717, 1.165) is 41.0 Å². The van der Waals surface area contributed by atoms with E-state index in [2.05, 4.69) is 4.90 Å². The van der Waals surface area contributed by atoms with Crippen LogP contribution in [-0.4, -0.2) is 175 Å². The number of benzene rings is 3. The molecular weight excluding hydrogens is 836 g/mol. The van der Waals surface area contributed by atoms with Gasteiger partial charge < -0.3 is 29.6 Å². The van der Waals surface area contributed by atoms with Crippen molar-refractivity contribution in [3.8, 4) is 16.9 Å². The molecule has 2 aliphatic rings. The minimum Gasteiger partial charge on any atom is -0.491 e. The summed E-state index contributed by atoms with van der Waals surface area (Å²) < 4.78 is 56.6. The molecule has 2 fully saturated rings. The molecule has 3 N–H and O–H groups in total. The fourth-order valence-electron chi connectivity index (χ4n) is 8.20. The lowest BCUT2D eigenvalue weighted by Gasteiger charge is -2.33. The second kappa shape index (κ2) is 24.8. The molecule has 17 heteroatoms. The highest BCUT2D eigenvalue weighted by Gasteiger charge is 2.35. The molecular formula is C47H60F3N5O9. The molecule has 1 unspecified atom stereocenters. The molecule has 348 valence electrons. The van der Waals surface area contributed by atoms with Crippen molar-refractivity contribution in [2.24, 2.45) is 0 Å². The standard InChI is InChI=1S/C47H60F3N5O9/c1-35-36(10-7-11-40(35)37-8-3-2-4-9-37)13-14-38-31-43(39(30-41(38)47(48,49)50)32-55-15-6-5-12-42(55)46(61)62)64-29-28-63-27-25-52-17-16-51(24-26-56)18-20-53(33-44(57)58)22-23-54(21-19-52)34-45(59)60/h2-4,7-11,13-14,26,30-31,42H,5-6,12,15-25,27-29,32-34H2,1H3,(H,57,58)(H,59,60)(H,61,62)/b14-13+. The van der Waals surface area contributed by atoms with Gasteiger partial charge >= 0.3 is 24.1 Å². The molecule has 2 aliphatic heterocycles. The lowest BCUT2D eigenvalue weighted by Crippen LogP contribution is -2.48. The molecule has 3 aromatic carbocycles. The summed E-state index contributed by atoms with van der Waals surface area (Å²) in [6.07, 6.45) is 1.00. The number of alkyl halides is 3. The molecule has 14 nitrogen and oxygen atoms in total. The molecule has 1 atom stereocenters. The first-order valence-corrected chi connectivity index (χ1v) is 21.7. The number of carboxylic acid groups (broad SMARTS) is 3. The molecule has 5 rings (SSSR count). The van der Waals surface area contributed by atoms with Crippen LogP contribution in [0.25, 0.3) is 23.3 Å². The van der Waals surface area contributed by atoms with Crippen molar-refractivity contribution in [1.29, 1.82) is 0 Å². The van der Waals surface area contributed by atoms with Gasteiger partial charge in [-0.25, -0.2) is 0 Å². The zero-order chi connectivity index (χ0) is 46.1. The summed E-state index contributed by atoms with van der Waals surface area (Å²) in [5, 5.41) is 28.9. The minimum absolute atomic E-state index is 0.00550. The van der Waals surface area contributed by atoms with Crippen molar-refractivity contribution in [1.82, 2.24) is 24.5 Å². The average molecular weight is 896 g/mol. The Hall–Kier alpha value is -5.17. The highest BCUT2D eigenvalue weighted by Crippen LogP contribution is 2.38. The fraction of sp³-hybridized carbons (Fsp3) is 0.489. The van der Waals surface area contributed by atoms with Gasteiger partial charge in [-0.15, -0.1) is 0 Å². The molecule has 3 aromatic rings. The number of carbonyl (C=O) groups excluding carboxylic acids is 1. The third-order valence-corrected chi connectivity index (χ3v) is 11.7. The predicted molar refractivity (Wildman–Crippen MR) is 236 cm³/mol. The topological polar surface area (TPSA) is 164 Å². The second-order valence-electron chi connectivity index (χ2n) is 16.2. The largest absolute Gasteiger partial charge is 0.491 e. The van der Waals surface area contributed by atoms with Gasteiger partial charge in [-0.05, 0) is 66.3 Å². The first-order valence-electron chi connectivity index (χ1n) is 21.7. The number of nitrogens with zero attached hydrogens (tertiary/aromatic N) is 5. The Morgan fingerprint density at radius 3 is 1.97 bits per heavy atom. The van der Waals surface area contributed by atoms with Crippen molar-refractivity contribution in [2.75, 3.05) is 105 Å². The van der Waals surface area contributed by atoms with E-state index < -0.39 is 35.7 Å². The van der Waals surface area contributed by atoms with E-state index in [1.807, 2.05) is 60.4 Å². The quantitative estimate of drug-likeness (QED) is 0.0810. The van der Waals surface area contributed by atoms with Gasteiger partial charge in [0, 0.05) is 71.0 Å². The predicted octanol–water partition coefficient (Wildman–Crippen LogP) is 5.28. The molecule has 0 aliphatic carbocycles. The Labute approximate surface area is 372 Å². The highest BCUT2D eigenvalue weighted by molar-refractivity contribution is 5.79. The molecule has 0 bridgehead atoms. The smallest absolute Gasteiger partial charge is 0.417 e. The third kappa shape index (κ3) is 15.5. The number of aldehydes is 1. The number of hydrogen-bond donors (Lipinski definition) is 3. The van der Waals surface area contributed by atoms with Crippen LogP contribution in [0.4, 0.5) is 13.2 Å². The molecule has 0 amide bonds. The number of piperidine rings is 1. The number of aliphatic carboxylic acids is 3. The lowest BCUT2D eigenvalue weighted by molar-refractivity contribution is -0.145. The summed E-state index contributed by atoms with van der Waals surface area (Å²) in [7, 11) is 0. The molecule has 0 radical (unpaired) electrons. The van der Waals surface area contributed by atoms with Crippen molar-refractivity contribution in [3.63, 3.8) is 0 Å². The van der Waals surface area contributed by atoms with Gasteiger partial charge in [0.25, 0.3) is 0 Å². The van der Waals surface area contributed by atoms with Crippen LogP contribution < -0.4 is 4.74 Å². The maximum Gasteiger partial charge on any atom is 0.417 e. The Kier molecular flexibility index (Phi) is 19.3. The number of likely N-dealkylation sites (tertiary alicyclic amines) is 1. The number of rotatable bonds is 19. The maximum absolute atomic E-state index is 14.8. The van der Waals surface area contributed by atoms with Crippen molar-refractivity contribution in [2.45, 2.75) is 44.9 Å². The molecule has 2 heterocycles. The van der Waals surface area contributed by atoms with Crippen LogP contribution in [0.5, 0.6) is 5.75 Å². The van der Waals surface area contributed by atoms with Crippen LogP contribution in [0.2, 0.25) is 0 Å². The normalized spacial score (nSPS) is 18.3. The van der Waals surface area contributed by atoms with Gasteiger partial charge in [-0.1, -0.05) is 67.1 Å². The van der Waals surface area contributed by atoms with Crippen LogP contribution in [0.15, 0.2) is 60.7 Å². The van der Waals surface area contributed by atoms with E-state index in [0.29, 0.717) is 78.3 Å². The average Bonchev–Trinajstić information content (AvgIpc) is 3.25. The van der Waals surface area contributed by atoms with Crippen LogP contribution in [0, 0.1) is 6.92 Å². The SMILES string of the molecule is Cc1c(/C=C/c2cc(OCCOCCN3CCN(CC=O)CCN(CC(=O)O)CCN(CC(=O)O)CC3)c(CN3CCCCC3C(=O)O)cc2C(F)(F)F)cccc1-c1ccccc1. The van der Waals surface area contributed by atoms with Crippen molar-refractivity contribution < 1.29 is 57.1 Å². The number of carbonyl (C=O) groups is 4. The Bertz CT molecular complexity index is 2040. The van der Waals surface area contributed by atoms with E-state index in [1.54, 1.807) is 20.8 Å². The van der Waals surface area contributed by atoms with Crippen molar-refractivity contribution in [3.05, 3.63) is 88.5 Å². The summed E-state index contributed by atoms with van der Waals surface area (Å²) in [4.78, 5) is 56.0. The molecule has 0 spiro atoms. The van der Waals surface area contributed by atoms with Crippen LogP contribution in [0.3, 0.4) is 0 Å². The van der Waals surface area contributed by atoms with Gasteiger partial charge in [0.2, 0.25) is 0 Å². The zero-order valence-electron chi connectivity index (χ0n) is 36.4. The first-order chi connectivity index (χ1) is 30.7. The zero-order valence-corrected chi connectivity index (χ0v) is 36.4. The van der Waals surface area contributed by atoms with E-state index >= 15 is 0 Å². The molecule has 2 saturated heterocycles. The van der Waals surface area contributed by atoms with Gasteiger partial charge in [-0.3, -0.25) is 38.9 Å². The molecule has 64 heavy (non-hydrogen) atoms. The summed E-state index contributed by atoms with van der Waals surface area (Å²) in [6, 6.07) is 17.0. The van der Waals surface area contributed by atoms with Crippen LogP contribution in [0.1, 0.15) is 47.1 Å². The number of ether oxygens (including phenoxy) is 2. The first kappa shape index (κ1) is 49.8. The monoisotopic (exact) mass is 895 g/mol. The van der Waals surface area contributed by atoms with Gasteiger partial charge in [-0.2, -0.15) is 13.2 Å². The summed E-state index contributed by atoms with van der Waals surface area (Å²) in [5.74, 6) is -2.82. The third-order valence-electron chi connectivity index (χ3n) is 11.7. The van der Waals surface area contributed by atoms with E-state index in [-0.39, 0.29) is 62.9 Å². The number of carboxylic acids is 3. The maximum atomic E-state index is 14.8. The Morgan fingerprint density at radius 1 is 0.734 bits per heavy atom. The van der Waals surface area contributed by atoms with Gasteiger partial charge in [0.05, 0.1) is 38.4 Å².